The lowest BCUT2D eigenvalue weighted by Gasteiger charge is -2.34. The molecule has 1 amide bonds. The average molecular weight is 313 g/mol. The Hall–Kier alpha value is -2.14. The zero-order valence-electron chi connectivity index (χ0n) is 13.9. The maximum Gasteiger partial charge on any atom is 0.257 e. The SMILES string of the molecule is Cc1ccccc1-n1ncc(C(=O)N2CCC(C)C(O)C2)c1C. The lowest BCUT2D eigenvalue weighted by Crippen LogP contribution is -2.45. The van der Waals surface area contributed by atoms with Gasteiger partial charge < -0.3 is 10.0 Å². The molecular weight excluding hydrogens is 290 g/mol. The summed E-state index contributed by atoms with van der Waals surface area (Å²) in [6.07, 6.45) is 2.02. The van der Waals surface area contributed by atoms with Crippen molar-refractivity contribution >= 4 is 5.91 Å². The molecule has 23 heavy (non-hydrogen) atoms. The van der Waals surface area contributed by atoms with Gasteiger partial charge in [0, 0.05) is 13.1 Å². The van der Waals surface area contributed by atoms with Crippen LogP contribution in [0.3, 0.4) is 0 Å². The summed E-state index contributed by atoms with van der Waals surface area (Å²) in [7, 11) is 0. The zero-order chi connectivity index (χ0) is 16.6. The molecule has 0 spiro atoms. The number of hydrogen-bond donors (Lipinski definition) is 1. The van der Waals surface area contributed by atoms with Gasteiger partial charge in [-0.05, 0) is 37.8 Å². The number of β-amino-alcohol motifs (C(OH)–C–C–N with tert-alkyl or cyclic N) is 1. The predicted octanol–water partition coefficient (Wildman–Crippen LogP) is 2.33. The summed E-state index contributed by atoms with van der Waals surface area (Å²) in [6.45, 7) is 7.05. The normalized spacial score (nSPS) is 21.5. The Kier molecular flexibility index (Phi) is 4.22. The van der Waals surface area contributed by atoms with E-state index < -0.39 is 6.10 Å². The maximum absolute atomic E-state index is 12.8. The summed E-state index contributed by atoms with van der Waals surface area (Å²) in [4.78, 5) is 14.5. The summed E-state index contributed by atoms with van der Waals surface area (Å²) in [5, 5.41) is 14.4. The van der Waals surface area contributed by atoms with E-state index in [9.17, 15) is 9.90 Å². The molecule has 122 valence electrons. The fraction of sp³-hybridized carbons (Fsp3) is 0.444. The number of carbonyl (C=O) groups is 1. The third-order valence-corrected chi connectivity index (χ3v) is 4.79. The molecule has 2 aromatic rings. The molecule has 0 radical (unpaired) electrons. The summed E-state index contributed by atoms with van der Waals surface area (Å²) < 4.78 is 1.81. The molecule has 2 heterocycles. The molecule has 1 aliphatic rings. The molecule has 1 fully saturated rings. The molecule has 0 bridgehead atoms. The summed E-state index contributed by atoms with van der Waals surface area (Å²) in [5.41, 5.74) is 3.53. The molecule has 1 aliphatic heterocycles. The fourth-order valence-electron chi connectivity index (χ4n) is 3.07. The highest BCUT2D eigenvalue weighted by Crippen LogP contribution is 2.22. The minimum absolute atomic E-state index is 0.0479. The average Bonchev–Trinajstić information content (AvgIpc) is 2.91. The Morgan fingerprint density at radius 3 is 2.74 bits per heavy atom. The molecule has 5 nitrogen and oxygen atoms in total. The van der Waals surface area contributed by atoms with E-state index in [0.29, 0.717) is 18.7 Å². The van der Waals surface area contributed by atoms with E-state index in [-0.39, 0.29) is 11.8 Å². The highest BCUT2D eigenvalue weighted by molar-refractivity contribution is 5.95. The van der Waals surface area contributed by atoms with Gasteiger partial charge in [-0.2, -0.15) is 5.10 Å². The molecule has 2 atom stereocenters. The van der Waals surface area contributed by atoms with E-state index in [1.54, 1.807) is 11.1 Å². The van der Waals surface area contributed by atoms with Gasteiger partial charge in [0.05, 0.1) is 29.2 Å². The van der Waals surface area contributed by atoms with Crippen LogP contribution in [0.25, 0.3) is 5.69 Å². The number of aryl methyl sites for hydroxylation is 1. The van der Waals surface area contributed by atoms with Gasteiger partial charge in [0.25, 0.3) is 5.91 Å². The number of likely N-dealkylation sites (tertiary alicyclic amines) is 1. The van der Waals surface area contributed by atoms with Crippen molar-refractivity contribution in [2.24, 2.45) is 5.92 Å². The number of aliphatic hydroxyl groups is 1. The molecule has 0 aliphatic carbocycles. The number of aliphatic hydroxyl groups excluding tert-OH is 1. The minimum Gasteiger partial charge on any atom is -0.391 e. The quantitative estimate of drug-likeness (QED) is 0.926. The maximum atomic E-state index is 12.8. The van der Waals surface area contributed by atoms with Crippen molar-refractivity contribution in [1.29, 1.82) is 0 Å². The van der Waals surface area contributed by atoms with E-state index in [1.807, 2.05) is 49.7 Å². The van der Waals surface area contributed by atoms with Crippen LogP contribution in [0.4, 0.5) is 0 Å². The molecular formula is C18H23N3O2. The minimum atomic E-state index is -0.445. The third kappa shape index (κ3) is 2.88. The highest BCUT2D eigenvalue weighted by Gasteiger charge is 2.29. The van der Waals surface area contributed by atoms with Crippen LogP contribution in [-0.4, -0.2) is 44.9 Å². The monoisotopic (exact) mass is 313 g/mol. The van der Waals surface area contributed by atoms with Gasteiger partial charge in [0.1, 0.15) is 0 Å². The third-order valence-electron chi connectivity index (χ3n) is 4.79. The van der Waals surface area contributed by atoms with E-state index in [0.717, 1.165) is 23.4 Å². The van der Waals surface area contributed by atoms with Gasteiger partial charge in [0.15, 0.2) is 0 Å². The lowest BCUT2D eigenvalue weighted by molar-refractivity contribution is 0.0248. The number of carbonyl (C=O) groups excluding carboxylic acids is 1. The predicted molar refractivity (Wildman–Crippen MR) is 88.7 cm³/mol. The Labute approximate surface area is 136 Å². The highest BCUT2D eigenvalue weighted by atomic mass is 16.3. The van der Waals surface area contributed by atoms with Gasteiger partial charge in [-0.1, -0.05) is 25.1 Å². The van der Waals surface area contributed by atoms with Crippen molar-refractivity contribution in [3.8, 4) is 5.69 Å². The smallest absolute Gasteiger partial charge is 0.257 e. The second kappa shape index (κ2) is 6.16. The molecule has 1 saturated heterocycles. The first-order valence-corrected chi connectivity index (χ1v) is 8.07. The molecule has 5 heteroatoms. The van der Waals surface area contributed by atoms with Crippen LogP contribution >= 0.6 is 0 Å². The lowest BCUT2D eigenvalue weighted by atomic mass is 9.95. The molecule has 3 rings (SSSR count). The first-order chi connectivity index (χ1) is 11.0. The van der Waals surface area contributed by atoms with Crippen LogP contribution in [0.5, 0.6) is 0 Å². The molecule has 0 saturated carbocycles. The van der Waals surface area contributed by atoms with E-state index in [2.05, 4.69) is 5.10 Å². The summed E-state index contributed by atoms with van der Waals surface area (Å²) in [6, 6.07) is 7.98. The number of nitrogens with zero attached hydrogens (tertiary/aromatic N) is 3. The van der Waals surface area contributed by atoms with Gasteiger partial charge >= 0.3 is 0 Å². The van der Waals surface area contributed by atoms with Crippen molar-refractivity contribution in [3.63, 3.8) is 0 Å². The van der Waals surface area contributed by atoms with E-state index >= 15 is 0 Å². The number of piperidine rings is 1. The number of aromatic nitrogens is 2. The van der Waals surface area contributed by atoms with Crippen LogP contribution in [0.2, 0.25) is 0 Å². The number of hydrogen-bond acceptors (Lipinski definition) is 3. The summed E-state index contributed by atoms with van der Waals surface area (Å²) >= 11 is 0. The molecule has 1 aromatic heterocycles. The van der Waals surface area contributed by atoms with Crippen LogP contribution in [-0.2, 0) is 0 Å². The second-order valence-electron chi connectivity index (χ2n) is 6.43. The number of rotatable bonds is 2. The Balaban J connectivity index is 1.88. The van der Waals surface area contributed by atoms with Gasteiger partial charge in [-0.15, -0.1) is 0 Å². The topological polar surface area (TPSA) is 58.4 Å². The van der Waals surface area contributed by atoms with Crippen LogP contribution in [0, 0.1) is 19.8 Å². The van der Waals surface area contributed by atoms with Crippen LogP contribution in [0.1, 0.15) is 35.0 Å². The van der Waals surface area contributed by atoms with Gasteiger partial charge in [-0.25, -0.2) is 4.68 Å². The fourth-order valence-corrected chi connectivity index (χ4v) is 3.07. The van der Waals surface area contributed by atoms with Crippen molar-refractivity contribution in [3.05, 3.63) is 47.3 Å². The second-order valence-corrected chi connectivity index (χ2v) is 6.43. The first-order valence-electron chi connectivity index (χ1n) is 8.07. The van der Waals surface area contributed by atoms with E-state index in [1.165, 1.54) is 0 Å². The number of amides is 1. The molecule has 2 unspecified atom stereocenters. The van der Waals surface area contributed by atoms with Crippen LogP contribution < -0.4 is 0 Å². The molecule has 1 N–H and O–H groups in total. The molecule has 1 aromatic carbocycles. The van der Waals surface area contributed by atoms with Crippen molar-refractivity contribution < 1.29 is 9.90 Å². The van der Waals surface area contributed by atoms with Crippen molar-refractivity contribution in [1.82, 2.24) is 14.7 Å². The van der Waals surface area contributed by atoms with Crippen molar-refractivity contribution in [2.75, 3.05) is 13.1 Å². The Morgan fingerprint density at radius 2 is 2.04 bits per heavy atom. The number of para-hydroxylation sites is 1. The first kappa shape index (κ1) is 15.7. The number of benzene rings is 1. The van der Waals surface area contributed by atoms with Crippen LogP contribution in [0.15, 0.2) is 30.5 Å². The standard InChI is InChI=1S/C18H23N3O2/c1-12-6-4-5-7-16(12)21-14(3)15(10-19-21)18(23)20-9-8-13(2)17(22)11-20/h4-7,10,13,17,22H,8-9,11H2,1-3H3. The van der Waals surface area contributed by atoms with Gasteiger partial charge in [-0.3, -0.25) is 4.79 Å². The Bertz CT molecular complexity index is 723. The van der Waals surface area contributed by atoms with Gasteiger partial charge in [0.2, 0.25) is 0 Å². The summed E-state index contributed by atoms with van der Waals surface area (Å²) in [5.74, 6) is 0.197. The largest absolute Gasteiger partial charge is 0.391 e. The zero-order valence-corrected chi connectivity index (χ0v) is 13.9. The van der Waals surface area contributed by atoms with Crippen molar-refractivity contribution in [2.45, 2.75) is 33.3 Å². The van der Waals surface area contributed by atoms with E-state index in [4.69, 9.17) is 0 Å². The Morgan fingerprint density at radius 1 is 1.30 bits per heavy atom.